The molecule has 176 valence electrons. The molecule has 0 atom stereocenters. The van der Waals surface area contributed by atoms with Crippen LogP contribution in [-0.2, 0) is 19.3 Å². The number of aryl methyl sites for hydroxylation is 1. The van der Waals surface area contributed by atoms with Gasteiger partial charge in [0.1, 0.15) is 0 Å². The monoisotopic (exact) mass is 467 g/mol. The van der Waals surface area contributed by atoms with E-state index in [0.29, 0.717) is 6.42 Å². The van der Waals surface area contributed by atoms with Gasteiger partial charge in [-0.2, -0.15) is 0 Å². The van der Waals surface area contributed by atoms with Crippen molar-refractivity contribution in [2.45, 2.75) is 64.1 Å². The number of rotatable bonds is 8. The number of hydrogen-bond acceptors (Lipinski definition) is 4. The van der Waals surface area contributed by atoms with E-state index in [0.717, 1.165) is 22.2 Å². The second-order valence-electron chi connectivity index (χ2n) is 9.53. The van der Waals surface area contributed by atoms with E-state index >= 15 is 0 Å². The zero-order valence-electron chi connectivity index (χ0n) is 20.4. The molecular formula is C26H34BNO4S. The molecule has 2 aromatic rings. The standard InChI is InChI=1S/C26H34BNO4S/c1-20-15-17-24(18-16-20)33(29,30)28-19-23(14-10-13-22-11-8-7-9-12-22)21(2)27-31-25(3,4)26(5,6)32-27/h7-13,15-18,28H,14,19H2,1-6H3/b13-10+,23-21+. The summed E-state index contributed by atoms with van der Waals surface area (Å²) in [5, 5.41) is 0. The molecule has 0 aliphatic carbocycles. The smallest absolute Gasteiger partial charge is 0.400 e. The van der Waals surface area contributed by atoms with Crippen LogP contribution in [0.5, 0.6) is 0 Å². The van der Waals surface area contributed by atoms with E-state index in [-0.39, 0.29) is 11.4 Å². The highest BCUT2D eigenvalue weighted by Gasteiger charge is 2.52. The Morgan fingerprint density at radius 3 is 2.12 bits per heavy atom. The van der Waals surface area contributed by atoms with Crippen LogP contribution in [0.3, 0.4) is 0 Å². The van der Waals surface area contributed by atoms with Gasteiger partial charge in [-0.3, -0.25) is 0 Å². The van der Waals surface area contributed by atoms with Crippen molar-refractivity contribution in [1.29, 1.82) is 0 Å². The summed E-state index contributed by atoms with van der Waals surface area (Å²) in [5.41, 5.74) is 2.97. The van der Waals surface area contributed by atoms with E-state index in [2.05, 4.69) is 4.72 Å². The second kappa shape index (κ2) is 9.98. The van der Waals surface area contributed by atoms with Crippen LogP contribution >= 0.6 is 0 Å². The summed E-state index contributed by atoms with van der Waals surface area (Å²) in [7, 11) is -4.17. The third-order valence-electron chi connectivity index (χ3n) is 6.45. The van der Waals surface area contributed by atoms with E-state index in [1.165, 1.54) is 0 Å². The maximum atomic E-state index is 12.9. The largest absolute Gasteiger partial charge is 0.490 e. The summed E-state index contributed by atoms with van der Waals surface area (Å²) in [6.07, 6.45) is 4.65. The number of hydrogen-bond donors (Lipinski definition) is 1. The maximum absolute atomic E-state index is 12.9. The van der Waals surface area contributed by atoms with Gasteiger partial charge in [-0.1, -0.05) is 65.8 Å². The first-order valence-electron chi connectivity index (χ1n) is 11.2. The van der Waals surface area contributed by atoms with Crippen molar-refractivity contribution in [3.05, 3.63) is 82.8 Å². The van der Waals surface area contributed by atoms with Gasteiger partial charge in [0.25, 0.3) is 0 Å². The molecule has 33 heavy (non-hydrogen) atoms. The van der Waals surface area contributed by atoms with Crippen molar-refractivity contribution in [1.82, 2.24) is 4.72 Å². The summed E-state index contributed by atoms with van der Waals surface area (Å²) < 4.78 is 41.0. The van der Waals surface area contributed by atoms with Gasteiger partial charge < -0.3 is 9.31 Å². The minimum absolute atomic E-state index is 0.172. The van der Waals surface area contributed by atoms with Crippen molar-refractivity contribution in [3.63, 3.8) is 0 Å². The third-order valence-corrected chi connectivity index (χ3v) is 7.86. The van der Waals surface area contributed by atoms with Crippen LogP contribution in [0.25, 0.3) is 6.08 Å². The van der Waals surface area contributed by atoms with Gasteiger partial charge in [0.05, 0.1) is 16.1 Å². The summed E-state index contributed by atoms with van der Waals surface area (Å²) in [6, 6.07) is 16.8. The van der Waals surface area contributed by atoms with Crippen LogP contribution in [0.2, 0.25) is 0 Å². The van der Waals surface area contributed by atoms with Crippen LogP contribution in [0.4, 0.5) is 0 Å². The SMILES string of the molecule is C/C(B1OC(C)(C)C(C)(C)O1)=C(/C/C=C/c1ccccc1)CNS(=O)(=O)c1ccc(C)cc1. The molecule has 0 unspecified atom stereocenters. The lowest BCUT2D eigenvalue weighted by atomic mass is 9.75. The maximum Gasteiger partial charge on any atom is 0.490 e. The Hall–Kier alpha value is -2.19. The van der Waals surface area contributed by atoms with Crippen molar-refractivity contribution in [2.24, 2.45) is 0 Å². The molecule has 1 heterocycles. The number of allylic oxidation sites excluding steroid dienone is 2. The van der Waals surface area contributed by atoms with E-state index < -0.39 is 28.3 Å². The van der Waals surface area contributed by atoms with Crippen molar-refractivity contribution < 1.29 is 17.7 Å². The highest BCUT2D eigenvalue weighted by Crippen LogP contribution is 2.39. The average Bonchev–Trinajstić information content (AvgIpc) is 2.98. The Kier molecular flexibility index (Phi) is 7.69. The highest BCUT2D eigenvalue weighted by molar-refractivity contribution is 7.89. The Labute approximate surface area is 199 Å². The quantitative estimate of drug-likeness (QED) is 0.534. The topological polar surface area (TPSA) is 64.6 Å². The lowest BCUT2D eigenvalue weighted by Gasteiger charge is -2.32. The molecule has 1 aliphatic rings. The zero-order chi connectivity index (χ0) is 24.3. The molecule has 1 aliphatic heterocycles. The van der Waals surface area contributed by atoms with E-state index in [9.17, 15) is 8.42 Å². The second-order valence-corrected chi connectivity index (χ2v) is 11.3. The molecule has 0 aromatic heterocycles. The molecule has 5 nitrogen and oxygen atoms in total. The molecule has 0 amide bonds. The Balaban J connectivity index is 1.84. The summed E-state index contributed by atoms with van der Waals surface area (Å²) in [6.45, 7) is 12.1. The van der Waals surface area contributed by atoms with E-state index in [1.807, 2.05) is 84.0 Å². The summed E-state index contributed by atoms with van der Waals surface area (Å²) in [4.78, 5) is 0.251. The molecule has 7 heteroatoms. The van der Waals surface area contributed by atoms with Crippen LogP contribution in [0.1, 0.15) is 52.2 Å². The molecule has 1 fully saturated rings. The Bertz CT molecular complexity index is 1100. The first-order chi connectivity index (χ1) is 15.4. The Morgan fingerprint density at radius 2 is 1.55 bits per heavy atom. The number of sulfonamides is 1. The molecule has 2 aromatic carbocycles. The molecule has 1 saturated heterocycles. The lowest BCUT2D eigenvalue weighted by Crippen LogP contribution is -2.41. The highest BCUT2D eigenvalue weighted by atomic mass is 32.2. The molecule has 0 radical (unpaired) electrons. The van der Waals surface area contributed by atoms with Crippen LogP contribution in [0, 0.1) is 6.92 Å². The fourth-order valence-electron chi connectivity index (χ4n) is 3.44. The fraction of sp³-hybridized carbons (Fsp3) is 0.385. The van der Waals surface area contributed by atoms with Gasteiger partial charge in [-0.05, 0) is 71.1 Å². The van der Waals surface area contributed by atoms with Crippen LogP contribution in [0.15, 0.2) is 76.6 Å². The van der Waals surface area contributed by atoms with Gasteiger partial charge in [0.2, 0.25) is 10.0 Å². The molecule has 1 N–H and O–H groups in total. The van der Waals surface area contributed by atoms with Crippen molar-refractivity contribution >= 4 is 23.2 Å². The summed E-state index contributed by atoms with van der Waals surface area (Å²) in [5.74, 6) is 0. The van der Waals surface area contributed by atoms with Gasteiger partial charge in [0, 0.05) is 6.54 Å². The zero-order valence-corrected chi connectivity index (χ0v) is 21.2. The van der Waals surface area contributed by atoms with Crippen LogP contribution in [-0.4, -0.2) is 33.3 Å². The fourth-order valence-corrected chi connectivity index (χ4v) is 4.47. The number of benzene rings is 2. The molecular weight excluding hydrogens is 433 g/mol. The van der Waals surface area contributed by atoms with Crippen molar-refractivity contribution in [2.75, 3.05) is 6.54 Å². The molecule has 0 spiro atoms. The van der Waals surface area contributed by atoms with Gasteiger partial charge in [-0.15, -0.1) is 0 Å². The van der Waals surface area contributed by atoms with Gasteiger partial charge in [-0.25, -0.2) is 13.1 Å². The minimum atomic E-state index is -3.64. The predicted molar refractivity (Wildman–Crippen MR) is 135 cm³/mol. The minimum Gasteiger partial charge on any atom is -0.400 e. The normalized spacial score (nSPS) is 18.5. The number of nitrogens with one attached hydrogen (secondary N) is 1. The third kappa shape index (κ3) is 6.24. The van der Waals surface area contributed by atoms with Gasteiger partial charge in [0.15, 0.2) is 0 Å². The summed E-state index contributed by atoms with van der Waals surface area (Å²) >= 11 is 0. The van der Waals surface area contributed by atoms with E-state index in [4.69, 9.17) is 9.31 Å². The Morgan fingerprint density at radius 1 is 0.970 bits per heavy atom. The molecule has 3 rings (SSSR count). The average molecular weight is 467 g/mol. The van der Waals surface area contributed by atoms with Crippen LogP contribution < -0.4 is 4.72 Å². The first kappa shape index (κ1) is 25.4. The molecule has 0 saturated carbocycles. The lowest BCUT2D eigenvalue weighted by molar-refractivity contribution is 0.00578. The molecule has 0 bridgehead atoms. The van der Waals surface area contributed by atoms with E-state index in [1.54, 1.807) is 24.3 Å². The van der Waals surface area contributed by atoms with Crippen molar-refractivity contribution in [3.8, 4) is 0 Å². The first-order valence-corrected chi connectivity index (χ1v) is 12.7. The predicted octanol–water partition coefficient (Wildman–Crippen LogP) is 5.32. The van der Waals surface area contributed by atoms with Gasteiger partial charge >= 0.3 is 7.12 Å².